The van der Waals surface area contributed by atoms with E-state index in [1.54, 1.807) is 0 Å². The first kappa shape index (κ1) is 10.5. The molecule has 1 aromatic heterocycles. The van der Waals surface area contributed by atoms with E-state index >= 15 is 0 Å². The third-order valence-electron chi connectivity index (χ3n) is 2.95. The van der Waals surface area contributed by atoms with Gasteiger partial charge in [0.05, 0.1) is 0 Å². The van der Waals surface area contributed by atoms with E-state index in [0.717, 1.165) is 13.1 Å². The number of nitrogens with zero attached hydrogens (tertiary/aromatic N) is 1. The fourth-order valence-corrected chi connectivity index (χ4v) is 2.98. The van der Waals surface area contributed by atoms with Gasteiger partial charge in [-0.25, -0.2) is 0 Å². The number of rotatable bonds is 3. The molecule has 0 bridgehead atoms. The molecule has 0 radical (unpaired) electrons. The summed E-state index contributed by atoms with van der Waals surface area (Å²) in [4.78, 5) is 2.41. The lowest BCUT2D eigenvalue weighted by Crippen LogP contribution is -2.22. The first-order valence-electron chi connectivity index (χ1n) is 5.49. The summed E-state index contributed by atoms with van der Waals surface area (Å²) < 4.78 is 1.43. The molecular formula is C13H17NS. The number of aryl methyl sites for hydroxylation is 1. The summed E-state index contributed by atoms with van der Waals surface area (Å²) in [5, 5.41) is 3.54. The van der Waals surface area contributed by atoms with Crippen LogP contribution in [-0.2, 0) is 0 Å². The van der Waals surface area contributed by atoms with Crippen molar-refractivity contribution >= 4 is 27.1 Å². The van der Waals surface area contributed by atoms with Crippen molar-refractivity contribution in [2.75, 3.05) is 18.0 Å². The Morgan fingerprint density at radius 2 is 1.87 bits per heavy atom. The largest absolute Gasteiger partial charge is 0.372 e. The molecule has 0 aliphatic rings. The maximum atomic E-state index is 2.41. The normalized spacial score (nSPS) is 10.9. The van der Waals surface area contributed by atoms with Crippen molar-refractivity contribution in [2.45, 2.75) is 20.8 Å². The Bertz CT molecular complexity index is 455. The second kappa shape index (κ2) is 4.23. The molecule has 0 aliphatic heterocycles. The highest BCUT2D eigenvalue weighted by Crippen LogP contribution is 2.31. The van der Waals surface area contributed by atoms with Gasteiger partial charge in [-0.2, -0.15) is 0 Å². The standard InChI is InChI=1S/C13H17NS/c1-4-14(5-2)12-7-6-11-8-9-15-13(11)10(12)3/h6-9H,4-5H2,1-3H3. The molecule has 2 aromatic rings. The molecule has 0 spiro atoms. The molecule has 0 atom stereocenters. The van der Waals surface area contributed by atoms with Crippen LogP contribution in [0, 0.1) is 6.92 Å². The van der Waals surface area contributed by atoms with Crippen LogP contribution >= 0.6 is 11.3 Å². The van der Waals surface area contributed by atoms with Gasteiger partial charge in [0.1, 0.15) is 0 Å². The smallest absolute Gasteiger partial charge is 0.0410 e. The Labute approximate surface area is 95.3 Å². The van der Waals surface area contributed by atoms with Gasteiger partial charge < -0.3 is 4.90 Å². The maximum absolute atomic E-state index is 2.41. The molecule has 80 valence electrons. The van der Waals surface area contributed by atoms with E-state index < -0.39 is 0 Å². The minimum Gasteiger partial charge on any atom is -0.372 e. The average molecular weight is 219 g/mol. The molecule has 15 heavy (non-hydrogen) atoms. The first-order chi connectivity index (χ1) is 7.27. The van der Waals surface area contributed by atoms with Gasteiger partial charge in [0.2, 0.25) is 0 Å². The second-order valence-corrected chi connectivity index (χ2v) is 4.64. The van der Waals surface area contributed by atoms with Crippen LogP contribution in [-0.4, -0.2) is 13.1 Å². The number of thiophene rings is 1. The van der Waals surface area contributed by atoms with Crippen LogP contribution in [0.5, 0.6) is 0 Å². The molecule has 1 nitrogen and oxygen atoms in total. The number of anilines is 1. The maximum Gasteiger partial charge on any atom is 0.0410 e. The minimum absolute atomic E-state index is 1.08. The van der Waals surface area contributed by atoms with Crippen molar-refractivity contribution in [3.63, 3.8) is 0 Å². The zero-order valence-electron chi connectivity index (χ0n) is 9.58. The molecule has 0 N–H and O–H groups in total. The van der Waals surface area contributed by atoms with Gasteiger partial charge in [-0.15, -0.1) is 11.3 Å². The van der Waals surface area contributed by atoms with Gasteiger partial charge in [0.15, 0.2) is 0 Å². The van der Waals surface area contributed by atoms with E-state index in [9.17, 15) is 0 Å². The van der Waals surface area contributed by atoms with Crippen LogP contribution in [0.3, 0.4) is 0 Å². The predicted octanol–water partition coefficient (Wildman–Crippen LogP) is 4.06. The lowest BCUT2D eigenvalue weighted by atomic mass is 10.1. The summed E-state index contributed by atoms with van der Waals surface area (Å²) in [5.74, 6) is 0. The molecular weight excluding hydrogens is 202 g/mol. The third kappa shape index (κ3) is 1.74. The summed E-state index contributed by atoms with van der Waals surface area (Å²) in [6, 6.07) is 6.67. The van der Waals surface area contributed by atoms with Crippen LogP contribution < -0.4 is 4.90 Å². The summed E-state index contributed by atoms with van der Waals surface area (Å²) in [6.07, 6.45) is 0. The molecule has 2 rings (SSSR count). The number of fused-ring (bicyclic) bond motifs is 1. The van der Waals surface area contributed by atoms with Crippen molar-refractivity contribution in [3.05, 3.63) is 29.1 Å². The van der Waals surface area contributed by atoms with Crippen molar-refractivity contribution in [1.82, 2.24) is 0 Å². The Balaban J connectivity index is 2.56. The Kier molecular flexibility index (Phi) is 2.96. The van der Waals surface area contributed by atoms with Gasteiger partial charge in [-0.05, 0) is 49.2 Å². The fourth-order valence-electron chi connectivity index (χ4n) is 2.07. The topological polar surface area (TPSA) is 3.24 Å². The molecule has 0 saturated carbocycles. The van der Waals surface area contributed by atoms with Gasteiger partial charge in [-0.1, -0.05) is 6.07 Å². The highest BCUT2D eigenvalue weighted by molar-refractivity contribution is 7.17. The molecule has 0 aliphatic carbocycles. The predicted molar refractivity (Wildman–Crippen MR) is 70.1 cm³/mol. The molecule has 1 aromatic carbocycles. The SMILES string of the molecule is CCN(CC)c1ccc2ccsc2c1C. The van der Waals surface area contributed by atoms with Crippen LogP contribution in [0.1, 0.15) is 19.4 Å². The Hall–Kier alpha value is -1.02. The molecule has 0 unspecified atom stereocenters. The lowest BCUT2D eigenvalue weighted by Gasteiger charge is -2.23. The van der Waals surface area contributed by atoms with Crippen molar-refractivity contribution in [1.29, 1.82) is 0 Å². The van der Waals surface area contributed by atoms with E-state index in [1.165, 1.54) is 21.3 Å². The van der Waals surface area contributed by atoms with Crippen LogP contribution in [0.4, 0.5) is 5.69 Å². The van der Waals surface area contributed by atoms with E-state index in [1.807, 2.05) is 11.3 Å². The Morgan fingerprint density at radius 3 is 2.53 bits per heavy atom. The third-order valence-corrected chi connectivity index (χ3v) is 4.00. The van der Waals surface area contributed by atoms with Gasteiger partial charge in [-0.3, -0.25) is 0 Å². The van der Waals surface area contributed by atoms with Crippen molar-refractivity contribution in [2.24, 2.45) is 0 Å². The van der Waals surface area contributed by atoms with Gasteiger partial charge >= 0.3 is 0 Å². The second-order valence-electron chi connectivity index (χ2n) is 3.72. The van der Waals surface area contributed by atoms with Gasteiger partial charge in [0, 0.05) is 23.5 Å². The number of hydrogen-bond donors (Lipinski definition) is 0. The zero-order chi connectivity index (χ0) is 10.8. The lowest BCUT2D eigenvalue weighted by molar-refractivity contribution is 0.863. The van der Waals surface area contributed by atoms with Crippen molar-refractivity contribution in [3.8, 4) is 0 Å². The summed E-state index contributed by atoms with van der Waals surface area (Å²) in [5.41, 5.74) is 2.81. The summed E-state index contributed by atoms with van der Waals surface area (Å²) >= 11 is 1.84. The van der Waals surface area contributed by atoms with Crippen LogP contribution in [0.2, 0.25) is 0 Å². The molecule has 0 amide bonds. The fraction of sp³-hybridized carbons (Fsp3) is 0.385. The quantitative estimate of drug-likeness (QED) is 0.752. The number of benzene rings is 1. The van der Waals surface area contributed by atoms with E-state index in [4.69, 9.17) is 0 Å². The molecule has 1 heterocycles. The summed E-state index contributed by atoms with van der Waals surface area (Å²) in [7, 11) is 0. The monoisotopic (exact) mass is 219 g/mol. The van der Waals surface area contributed by atoms with Crippen molar-refractivity contribution < 1.29 is 0 Å². The molecule has 2 heteroatoms. The van der Waals surface area contributed by atoms with E-state index in [0.29, 0.717) is 0 Å². The first-order valence-corrected chi connectivity index (χ1v) is 6.37. The van der Waals surface area contributed by atoms with E-state index in [-0.39, 0.29) is 0 Å². The minimum atomic E-state index is 1.08. The number of hydrogen-bond acceptors (Lipinski definition) is 2. The van der Waals surface area contributed by atoms with Crippen LogP contribution in [0.15, 0.2) is 23.6 Å². The highest BCUT2D eigenvalue weighted by atomic mass is 32.1. The van der Waals surface area contributed by atoms with E-state index in [2.05, 4.69) is 49.3 Å². The molecule has 0 fully saturated rings. The average Bonchev–Trinajstić information content (AvgIpc) is 2.71. The highest BCUT2D eigenvalue weighted by Gasteiger charge is 2.08. The van der Waals surface area contributed by atoms with Gasteiger partial charge in [0.25, 0.3) is 0 Å². The summed E-state index contributed by atoms with van der Waals surface area (Å²) in [6.45, 7) is 8.80. The Morgan fingerprint density at radius 1 is 1.13 bits per heavy atom. The van der Waals surface area contributed by atoms with Crippen LogP contribution in [0.25, 0.3) is 10.1 Å². The molecule has 0 saturated heterocycles. The zero-order valence-corrected chi connectivity index (χ0v) is 10.4.